The van der Waals surface area contributed by atoms with Crippen molar-refractivity contribution in [2.75, 3.05) is 6.61 Å². The van der Waals surface area contributed by atoms with Crippen LogP contribution in [0.2, 0.25) is 0 Å². The molecule has 0 saturated carbocycles. The zero-order valence-electron chi connectivity index (χ0n) is 23.9. The number of carbonyl (C=O) groups excluding carboxylic acids is 2. The number of para-hydroxylation sites is 1. The molecule has 0 aromatic heterocycles. The summed E-state index contributed by atoms with van der Waals surface area (Å²) in [5.74, 6) is 0.263. The molecule has 0 aliphatic heterocycles. The lowest BCUT2D eigenvalue weighted by Crippen LogP contribution is -2.55. The molecular formula is C33H42N2O3. The number of hydrogen-bond donors (Lipinski definition) is 1. The summed E-state index contributed by atoms with van der Waals surface area (Å²) in [6.07, 6.45) is 0.402. The summed E-state index contributed by atoms with van der Waals surface area (Å²) in [5.41, 5.74) is 3.54. The normalized spacial score (nSPS) is 12.5. The molecule has 0 fully saturated rings. The Kier molecular flexibility index (Phi) is 9.37. The minimum absolute atomic E-state index is 0.135. The highest BCUT2D eigenvalue weighted by Gasteiger charge is 2.32. The van der Waals surface area contributed by atoms with Crippen molar-refractivity contribution in [3.05, 3.63) is 101 Å². The van der Waals surface area contributed by atoms with Gasteiger partial charge in [0.15, 0.2) is 6.61 Å². The third-order valence-electron chi connectivity index (χ3n) is 6.29. The van der Waals surface area contributed by atoms with E-state index in [0.29, 0.717) is 18.7 Å². The lowest BCUT2D eigenvalue weighted by Gasteiger charge is -2.34. The van der Waals surface area contributed by atoms with Crippen molar-refractivity contribution in [1.82, 2.24) is 10.2 Å². The van der Waals surface area contributed by atoms with Gasteiger partial charge in [-0.05, 0) is 55.9 Å². The first-order valence-electron chi connectivity index (χ1n) is 13.3. The van der Waals surface area contributed by atoms with Crippen molar-refractivity contribution in [2.45, 2.75) is 78.4 Å². The summed E-state index contributed by atoms with van der Waals surface area (Å²) in [6, 6.07) is 25.0. The number of nitrogens with one attached hydrogen (secondary N) is 1. The molecule has 3 rings (SSSR count). The highest BCUT2D eigenvalue weighted by Crippen LogP contribution is 2.31. The lowest BCUT2D eigenvalue weighted by atomic mass is 9.86. The molecule has 1 atom stereocenters. The SMILES string of the molecule is Cc1ccc(CN(C(=O)COc2ccccc2C(C)(C)C)[C@H](Cc2ccccc2)C(=O)NC(C)(C)C)cc1. The second-order valence-corrected chi connectivity index (χ2v) is 12.0. The van der Waals surface area contributed by atoms with Crippen molar-refractivity contribution in [1.29, 1.82) is 0 Å². The summed E-state index contributed by atoms with van der Waals surface area (Å²) in [7, 11) is 0. The Balaban J connectivity index is 1.95. The second kappa shape index (κ2) is 12.3. The molecule has 1 N–H and O–H groups in total. The summed E-state index contributed by atoms with van der Waals surface area (Å²) in [5, 5.41) is 3.10. The van der Waals surface area contributed by atoms with Gasteiger partial charge in [0.1, 0.15) is 11.8 Å². The zero-order valence-corrected chi connectivity index (χ0v) is 23.9. The van der Waals surface area contributed by atoms with E-state index in [1.807, 2.05) is 107 Å². The number of ether oxygens (including phenoxy) is 1. The van der Waals surface area contributed by atoms with Gasteiger partial charge in [-0.2, -0.15) is 0 Å². The molecule has 0 aliphatic rings. The van der Waals surface area contributed by atoms with Gasteiger partial charge in [-0.25, -0.2) is 0 Å². The number of aryl methyl sites for hydroxylation is 1. The van der Waals surface area contributed by atoms with E-state index in [0.717, 1.165) is 22.3 Å². The Labute approximate surface area is 228 Å². The Morgan fingerprint density at radius 1 is 0.816 bits per heavy atom. The quantitative estimate of drug-likeness (QED) is 0.368. The number of carbonyl (C=O) groups is 2. The molecule has 5 heteroatoms. The van der Waals surface area contributed by atoms with Crippen LogP contribution >= 0.6 is 0 Å². The molecule has 0 radical (unpaired) electrons. The topological polar surface area (TPSA) is 58.6 Å². The van der Waals surface area contributed by atoms with Gasteiger partial charge in [0.05, 0.1) is 0 Å². The van der Waals surface area contributed by atoms with Gasteiger partial charge < -0.3 is 15.0 Å². The third kappa shape index (κ3) is 8.47. The fourth-order valence-electron chi connectivity index (χ4n) is 4.33. The molecule has 0 bridgehead atoms. The molecular weight excluding hydrogens is 472 g/mol. The number of benzene rings is 3. The van der Waals surface area contributed by atoms with Gasteiger partial charge in [-0.1, -0.05) is 99.1 Å². The molecule has 0 aliphatic carbocycles. The monoisotopic (exact) mass is 514 g/mol. The van der Waals surface area contributed by atoms with E-state index in [9.17, 15) is 9.59 Å². The van der Waals surface area contributed by atoms with Gasteiger partial charge in [0.25, 0.3) is 5.91 Å². The molecule has 3 aromatic rings. The van der Waals surface area contributed by atoms with Crippen LogP contribution < -0.4 is 10.1 Å². The van der Waals surface area contributed by atoms with Gasteiger partial charge in [0, 0.05) is 18.5 Å². The molecule has 0 spiro atoms. The van der Waals surface area contributed by atoms with Crippen LogP contribution in [0.3, 0.4) is 0 Å². The van der Waals surface area contributed by atoms with Crippen LogP contribution in [-0.2, 0) is 28.0 Å². The second-order valence-electron chi connectivity index (χ2n) is 12.0. The maximum absolute atomic E-state index is 13.9. The van der Waals surface area contributed by atoms with Crippen LogP contribution in [0.25, 0.3) is 0 Å². The summed E-state index contributed by atoms with van der Waals surface area (Å²) in [4.78, 5) is 29.2. The van der Waals surface area contributed by atoms with Gasteiger partial charge in [0.2, 0.25) is 5.91 Å². The fraction of sp³-hybridized carbons (Fsp3) is 0.394. The zero-order chi connectivity index (χ0) is 27.9. The first-order valence-corrected chi connectivity index (χ1v) is 13.3. The van der Waals surface area contributed by atoms with Crippen LogP contribution in [-0.4, -0.2) is 34.9 Å². The first-order chi connectivity index (χ1) is 17.8. The molecule has 3 aromatic carbocycles. The van der Waals surface area contributed by atoms with Crippen LogP contribution in [0, 0.1) is 6.92 Å². The van der Waals surface area contributed by atoms with Crippen LogP contribution in [0.4, 0.5) is 0 Å². The highest BCUT2D eigenvalue weighted by molar-refractivity contribution is 5.89. The number of hydrogen-bond acceptors (Lipinski definition) is 3. The van der Waals surface area contributed by atoms with Crippen molar-refractivity contribution >= 4 is 11.8 Å². The Morgan fingerprint density at radius 2 is 1.42 bits per heavy atom. The van der Waals surface area contributed by atoms with E-state index in [4.69, 9.17) is 4.74 Å². The summed E-state index contributed by atoms with van der Waals surface area (Å²) < 4.78 is 6.12. The van der Waals surface area contributed by atoms with Crippen LogP contribution in [0.1, 0.15) is 63.8 Å². The Bertz CT molecular complexity index is 1210. The lowest BCUT2D eigenvalue weighted by molar-refractivity contribution is -0.143. The molecule has 2 amide bonds. The number of nitrogens with zero attached hydrogens (tertiary/aromatic N) is 1. The van der Waals surface area contributed by atoms with E-state index in [1.54, 1.807) is 4.90 Å². The highest BCUT2D eigenvalue weighted by atomic mass is 16.5. The third-order valence-corrected chi connectivity index (χ3v) is 6.29. The van der Waals surface area contributed by atoms with Gasteiger partial charge >= 0.3 is 0 Å². The standard InChI is InChI=1S/C33H42N2O3/c1-24-17-19-26(20-18-24)22-35(30(36)23-38-29-16-12-11-15-27(29)32(2,3)4)28(31(37)34-33(5,6)7)21-25-13-9-8-10-14-25/h8-20,28H,21-23H2,1-7H3,(H,34,37)/t28-/m1/s1. The van der Waals surface area contributed by atoms with E-state index in [-0.39, 0.29) is 23.8 Å². The molecule has 0 heterocycles. The van der Waals surface area contributed by atoms with Crippen LogP contribution in [0.5, 0.6) is 5.75 Å². The van der Waals surface area contributed by atoms with Crippen molar-refractivity contribution in [2.24, 2.45) is 0 Å². The van der Waals surface area contributed by atoms with E-state index in [1.165, 1.54) is 0 Å². The van der Waals surface area contributed by atoms with Crippen LogP contribution in [0.15, 0.2) is 78.9 Å². The van der Waals surface area contributed by atoms with E-state index in [2.05, 4.69) is 26.1 Å². The maximum atomic E-state index is 13.9. The molecule has 0 unspecified atom stereocenters. The van der Waals surface area contributed by atoms with Crippen molar-refractivity contribution in [3.8, 4) is 5.75 Å². The number of amides is 2. The molecule has 202 valence electrons. The van der Waals surface area contributed by atoms with Crippen molar-refractivity contribution in [3.63, 3.8) is 0 Å². The largest absolute Gasteiger partial charge is 0.483 e. The predicted octanol–water partition coefficient (Wildman–Crippen LogP) is 6.23. The van der Waals surface area contributed by atoms with Gasteiger partial charge in [-0.3, -0.25) is 9.59 Å². The summed E-state index contributed by atoms with van der Waals surface area (Å²) in [6.45, 7) is 14.4. The number of rotatable bonds is 9. The smallest absolute Gasteiger partial charge is 0.261 e. The average Bonchev–Trinajstić information content (AvgIpc) is 2.85. The summed E-state index contributed by atoms with van der Waals surface area (Å²) >= 11 is 0. The molecule has 0 saturated heterocycles. The minimum Gasteiger partial charge on any atom is -0.483 e. The van der Waals surface area contributed by atoms with Crippen molar-refractivity contribution < 1.29 is 14.3 Å². The van der Waals surface area contributed by atoms with Gasteiger partial charge in [-0.15, -0.1) is 0 Å². The van der Waals surface area contributed by atoms with E-state index >= 15 is 0 Å². The predicted molar refractivity (Wildman–Crippen MR) is 154 cm³/mol. The maximum Gasteiger partial charge on any atom is 0.261 e. The molecule has 38 heavy (non-hydrogen) atoms. The Morgan fingerprint density at radius 3 is 2.03 bits per heavy atom. The minimum atomic E-state index is -0.702. The Hall–Kier alpha value is -3.60. The van der Waals surface area contributed by atoms with E-state index < -0.39 is 11.6 Å². The average molecular weight is 515 g/mol. The molecule has 5 nitrogen and oxygen atoms in total. The fourth-order valence-corrected chi connectivity index (χ4v) is 4.33. The first kappa shape index (κ1) is 29.0.